The van der Waals surface area contributed by atoms with Crippen LogP contribution in [-0.2, 0) is 11.4 Å². The molecular weight excluding hydrogens is 487 g/mol. The minimum Gasteiger partial charge on any atom is -0.392 e. The van der Waals surface area contributed by atoms with Gasteiger partial charge in [0.05, 0.1) is 22.3 Å². The first kappa shape index (κ1) is 24.3. The summed E-state index contributed by atoms with van der Waals surface area (Å²) in [6.07, 6.45) is 2.71. The number of oxime groups is 1. The van der Waals surface area contributed by atoms with Crippen molar-refractivity contribution >= 4 is 28.9 Å². The fourth-order valence-electron chi connectivity index (χ4n) is 3.71. The van der Waals surface area contributed by atoms with E-state index in [4.69, 9.17) is 28.0 Å². The van der Waals surface area contributed by atoms with Crippen molar-refractivity contribution in [2.24, 2.45) is 5.16 Å². The van der Waals surface area contributed by atoms with Crippen molar-refractivity contribution in [1.82, 2.24) is 9.88 Å². The number of halogens is 4. The third-order valence-electron chi connectivity index (χ3n) is 5.45. The summed E-state index contributed by atoms with van der Waals surface area (Å²) in [4.78, 5) is 18.4. The van der Waals surface area contributed by atoms with Crippen LogP contribution in [-0.4, -0.2) is 34.6 Å². The lowest BCUT2D eigenvalue weighted by molar-refractivity contribution is 0.0378. The highest BCUT2D eigenvalue weighted by Gasteiger charge is 2.20. The number of aromatic nitrogens is 1. The molecule has 3 aromatic rings. The molecule has 1 aliphatic heterocycles. The van der Waals surface area contributed by atoms with Crippen LogP contribution in [0.2, 0.25) is 10.0 Å². The van der Waals surface area contributed by atoms with Gasteiger partial charge in [-0.3, -0.25) is 9.36 Å². The third-order valence-corrected chi connectivity index (χ3v) is 6.03. The Balaban J connectivity index is 1.83. The van der Waals surface area contributed by atoms with E-state index < -0.39 is 17.2 Å². The first-order chi connectivity index (χ1) is 16.4. The average molecular weight is 508 g/mol. The molecule has 0 amide bonds. The molecule has 10 heteroatoms. The van der Waals surface area contributed by atoms with Crippen LogP contribution in [0.3, 0.4) is 0 Å². The number of hydrogen-bond donors (Lipinski definition) is 2. The van der Waals surface area contributed by atoms with Crippen molar-refractivity contribution in [2.45, 2.75) is 25.6 Å². The molecule has 2 N–H and O–H groups in total. The number of pyridine rings is 1. The molecule has 0 aliphatic carbocycles. The van der Waals surface area contributed by atoms with Gasteiger partial charge < -0.3 is 15.3 Å². The average Bonchev–Trinajstić information content (AvgIpc) is 2.82. The van der Waals surface area contributed by atoms with Crippen molar-refractivity contribution in [2.75, 3.05) is 13.1 Å². The quantitative estimate of drug-likeness (QED) is 0.382. The van der Waals surface area contributed by atoms with Gasteiger partial charge >= 0.3 is 0 Å². The molecule has 0 saturated carbocycles. The smallest absolute Gasteiger partial charge is 0.255 e. The topological polar surface area (TPSA) is 75.8 Å². The molecule has 2 aromatic carbocycles. The predicted octanol–water partition coefficient (Wildman–Crippen LogP) is 4.44. The van der Waals surface area contributed by atoms with Gasteiger partial charge in [-0.05, 0) is 61.8 Å². The monoisotopic (exact) mass is 507 g/mol. The van der Waals surface area contributed by atoms with E-state index in [-0.39, 0.29) is 39.7 Å². The summed E-state index contributed by atoms with van der Waals surface area (Å²) >= 11 is 12.7. The second-order valence-electron chi connectivity index (χ2n) is 7.81. The van der Waals surface area contributed by atoms with Gasteiger partial charge in [-0.2, -0.15) is 0 Å². The number of hydrogen-bond acceptors (Lipinski definition) is 5. The number of aliphatic hydroxyl groups is 1. The normalized spacial score (nSPS) is 14.9. The molecule has 1 fully saturated rings. The van der Waals surface area contributed by atoms with Crippen molar-refractivity contribution < 1.29 is 18.7 Å². The lowest BCUT2D eigenvalue weighted by Gasteiger charge is -2.21. The summed E-state index contributed by atoms with van der Waals surface area (Å²) in [6.45, 7) is 1.27. The Morgan fingerprint density at radius 2 is 1.82 bits per heavy atom. The maximum atomic E-state index is 14.7. The predicted molar refractivity (Wildman–Crippen MR) is 127 cm³/mol. The van der Waals surface area contributed by atoms with Crippen molar-refractivity contribution in [3.05, 3.63) is 97.4 Å². The molecule has 6 nitrogen and oxygen atoms in total. The molecule has 178 valence electrons. The number of nitrogens with one attached hydrogen (secondary N) is 1. The summed E-state index contributed by atoms with van der Waals surface area (Å²) in [5.41, 5.74) is 0.664. The number of rotatable bonds is 6. The van der Waals surface area contributed by atoms with Gasteiger partial charge in [-0.15, -0.1) is 0 Å². The van der Waals surface area contributed by atoms with E-state index in [2.05, 4.69) is 10.5 Å². The zero-order valence-corrected chi connectivity index (χ0v) is 19.4. The third kappa shape index (κ3) is 5.31. The van der Waals surface area contributed by atoms with E-state index in [9.17, 15) is 18.7 Å². The molecule has 4 rings (SSSR count). The van der Waals surface area contributed by atoms with E-state index in [0.717, 1.165) is 38.1 Å². The maximum absolute atomic E-state index is 14.7. The van der Waals surface area contributed by atoms with Crippen molar-refractivity contribution in [1.29, 1.82) is 0 Å². The zero-order chi connectivity index (χ0) is 24.2. The van der Waals surface area contributed by atoms with Gasteiger partial charge in [-0.1, -0.05) is 28.4 Å². The Kier molecular flexibility index (Phi) is 7.63. The Hall–Kier alpha value is -2.78. The SMILES string of the molecule is O=c1ccc(C(=NOC2CCNCC2)c2ccc(F)cc2F)cn1-c1c(Cl)cc(CO)cc1Cl. The fourth-order valence-corrected chi connectivity index (χ4v) is 4.42. The summed E-state index contributed by atoms with van der Waals surface area (Å²) in [5.74, 6) is -1.55. The Morgan fingerprint density at radius 3 is 2.47 bits per heavy atom. The second-order valence-corrected chi connectivity index (χ2v) is 8.63. The van der Waals surface area contributed by atoms with E-state index in [1.165, 1.54) is 41.1 Å². The van der Waals surface area contributed by atoms with Gasteiger partial charge in [0.1, 0.15) is 23.5 Å². The maximum Gasteiger partial charge on any atom is 0.255 e. The summed E-state index contributed by atoms with van der Waals surface area (Å²) < 4.78 is 29.5. The molecule has 1 aliphatic rings. The second kappa shape index (κ2) is 10.7. The molecule has 0 atom stereocenters. The van der Waals surface area contributed by atoms with E-state index in [1.54, 1.807) is 0 Å². The first-order valence-electron chi connectivity index (χ1n) is 10.6. The van der Waals surface area contributed by atoms with Gasteiger partial charge in [0, 0.05) is 29.5 Å². The lowest BCUT2D eigenvalue weighted by Crippen LogP contribution is -2.31. The van der Waals surface area contributed by atoms with Crippen molar-refractivity contribution in [3.8, 4) is 5.69 Å². The minimum absolute atomic E-state index is 0.00774. The zero-order valence-electron chi connectivity index (χ0n) is 17.9. The highest BCUT2D eigenvalue weighted by molar-refractivity contribution is 6.37. The van der Waals surface area contributed by atoms with E-state index in [1.807, 2.05) is 0 Å². The summed E-state index contributed by atoms with van der Waals surface area (Å²) in [7, 11) is 0. The number of benzene rings is 2. The van der Waals surface area contributed by atoms with Crippen LogP contribution >= 0.6 is 23.2 Å². The van der Waals surface area contributed by atoms with Crippen LogP contribution in [0, 0.1) is 11.6 Å². The molecule has 2 heterocycles. The molecule has 1 saturated heterocycles. The summed E-state index contributed by atoms with van der Waals surface area (Å²) in [6, 6.07) is 8.87. The van der Waals surface area contributed by atoms with Crippen LogP contribution in [0.4, 0.5) is 8.78 Å². The molecule has 1 aromatic heterocycles. The van der Waals surface area contributed by atoms with Gasteiger partial charge in [0.15, 0.2) is 0 Å². The summed E-state index contributed by atoms with van der Waals surface area (Å²) in [5, 5.41) is 17.1. The van der Waals surface area contributed by atoms with Gasteiger partial charge in [0.2, 0.25) is 0 Å². The molecular formula is C24H21Cl2F2N3O3. The van der Waals surface area contributed by atoms with Crippen LogP contribution in [0.5, 0.6) is 0 Å². The highest BCUT2D eigenvalue weighted by atomic mass is 35.5. The van der Waals surface area contributed by atoms with Crippen LogP contribution in [0.25, 0.3) is 5.69 Å². The molecule has 0 spiro atoms. The molecule has 34 heavy (non-hydrogen) atoms. The Labute approximate surface area is 204 Å². The van der Waals surface area contributed by atoms with E-state index in [0.29, 0.717) is 11.1 Å². The Morgan fingerprint density at radius 1 is 1.12 bits per heavy atom. The van der Waals surface area contributed by atoms with Gasteiger partial charge in [-0.25, -0.2) is 8.78 Å². The fraction of sp³-hybridized carbons (Fsp3) is 0.250. The standard InChI is InChI=1S/C24H21Cl2F2N3O3/c25-19-9-14(13-32)10-20(26)24(19)31-12-15(1-4-22(31)33)23(18-3-2-16(27)11-21(18)28)30-34-17-5-7-29-8-6-17/h1-4,9-12,17,29,32H,5-8,13H2. The molecule has 0 radical (unpaired) electrons. The first-order valence-corrected chi connectivity index (χ1v) is 11.3. The lowest BCUT2D eigenvalue weighted by atomic mass is 10.0. The van der Waals surface area contributed by atoms with Crippen LogP contribution in [0.15, 0.2) is 58.6 Å². The Bertz CT molecular complexity index is 1270. The largest absolute Gasteiger partial charge is 0.392 e. The minimum atomic E-state index is -0.825. The van der Waals surface area contributed by atoms with Crippen molar-refractivity contribution in [3.63, 3.8) is 0 Å². The molecule has 0 bridgehead atoms. The molecule has 0 unspecified atom stereocenters. The van der Waals surface area contributed by atoms with Gasteiger partial charge in [0.25, 0.3) is 5.56 Å². The highest BCUT2D eigenvalue weighted by Crippen LogP contribution is 2.30. The van der Waals surface area contributed by atoms with E-state index >= 15 is 0 Å². The van der Waals surface area contributed by atoms with Crippen LogP contribution in [0.1, 0.15) is 29.5 Å². The number of aliphatic hydroxyl groups excluding tert-OH is 1. The number of nitrogens with zero attached hydrogens (tertiary/aromatic N) is 2. The van der Waals surface area contributed by atoms with Crippen LogP contribution < -0.4 is 10.9 Å². The number of piperidine rings is 1.